The molecule has 0 aliphatic carbocycles. The van der Waals surface area contributed by atoms with Crippen LogP contribution in [0.25, 0.3) is 0 Å². The van der Waals surface area contributed by atoms with Crippen molar-refractivity contribution in [2.75, 3.05) is 25.2 Å². The van der Waals surface area contributed by atoms with E-state index in [4.69, 9.17) is 32.7 Å². The quantitative estimate of drug-likeness (QED) is 0.196. The summed E-state index contributed by atoms with van der Waals surface area (Å²) in [6.45, 7) is 18.9. The van der Waals surface area contributed by atoms with Gasteiger partial charge in [-0.25, -0.2) is 0 Å². The monoisotopic (exact) mass is 646 g/mol. The van der Waals surface area contributed by atoms with Gasteiger partial charge in [-0.2, -0.15) is 0 Å². The third kappa shape index (κ3) is 7.90. The minimum atomic E-state index is -1.32. The first-order chi connectivity index (χ1) is 19.9. The number of fused-ring (bicyclic) bond motifs is 2. The normalized spacial score (nSPS) is 21.6. The zero-order valence-corrected chi connectivity index (χ0v) is 29.0. The zero-order valence-electron chi connectivity index (χ0n) is 26.5. The molecule has 10 heteroatoms. The van der Waals surface area contributed by atoms with Gasteiger partial charge in [0.05, 0.1) is 11.7 Å². The highest BCUT2D eigenvalue weighted by Gasteiger charge is 2.64. The molecule has 0 saturated carbocycles. The Morgan fingerprint density at radius 1 is 1.14 bits per heavy atom. The summed E-state index contributed by atoms with van der Waals surface area (Å²) in [5.41, 5.74) is 0.383. The smallest absolute Gasteiger partial charge is 0.326 e. The van der Waals surface area contributed by atoms with Crippen molar-refractivity contribution in [3.63, 3.8) is 0 Å². The second-order valence-corrected chi connectivity index (χ2v) is 19.9. The Morgan fingerprint density at radius 2 is 1.79 bits per heavy atom. The van der Waals surface area contributed by atoms with E-state index in [2.05, 4.69) is 31.5 Å². The number of amides is 2. The van der Waals surface area contributed by atoms with Crippen LogP contribution in [0.5, 0.6) is 0 Å². The Morgan fingerprint density at radius 3 is 2.33 bits per heavy atom. The topological polar surface area (TPSA) is 84.9 Å². The molecule has 234 valence electrons. The molecular weight excluding hydrogens is 603 g/mol. The van der Waals surface area contributed by atoms with E-state index in [0.717, 1.165) is 12.2 Å². The molecule has 0 unspecified atom stereocenters. The molecule has 1 fully saturated rings. The molecule has 0 bridgehead atoms. The van der Waals surface area contributed by atoms with Gasteiger partial charge in [0.15, 0.2) is 0 Å². The van der Waals surface area contributed by atoms with E-state index in [1.54, 1.807) is 71.2 Å². The Kier molecular flexibility index (Phi) is 11.0. The molecule has 2 heterocycles. The molecular formula is C33H44Cl2N2O5Si. The lowest BCUT2D eigenvalue weighted by Gasteiger charge is -2.47. The van der Waals surface area contributed by atoms with Crippen molar-refractivity contribution in [3.8, 4) is 0 Å². The Balaban J connectivity index is 0.000000557. The summed E-state index contributed by atoms with van der Waals surface area (Å²) in [6.07, 6.45) is 0.0425. The number of rotatable bonds is 7. The highest BCUT2D eigenvalue weighted by molar-refractivity contribution is 6.76. The van der Waals surface area contributed by atoms with E-state index in [9.17, 15) is 14.4 Å². The Bertz CT molecular complexity index is 1380. The fraction of sp³-hybridized carbons (Fsp3) is 0.485. The van der Waals surface area contributed by atoms with Crippen molar-refractivity contribution in [2.24, 2.45) is 0 Å². The number of hydrogen-bond acceptors (Lipinski definition) is 5. The van der Waals surface area contributed by atoms with E-state index in [0.29, 0.717) is 26.9 Å². The number of ether oxygens (including phenoxy) is 2. The van der Waals surface area contributed by atoms with Gasteiger partial charge in [0.1, 0.15) is 17.6 Å². The van der Waals surface area contributed by atoms with Gasteiger partial charge in [-0.3, -0.25) is 19.3 Å². The average Bonchev–Trinajstić information content (AvgIpc) is 3.12. The van der Waals surface area contributed by atoms with Crippen LogP contribution in [0.1, 0.15) is 51.2 Å². The molecule has 1 spiro atoms. The Hall–Kier alpha value is -2.65. The first kappa shape index (κ1) is 34.8. The molecule has 2 aliphatic heterocycles. The van der Waals surface area contributed by atoms with Crippen LogP contribution in [0.2, 0.25) is 35.7 Å². The van der Waals surface area contributed by atoms with E-state index >= 15 is 0 Å². The number of nitrogens with zero attached hydrogens (tertiary/aromatic N) is 1. The molecule has 2 aliphatic rings. The molecule has 3 atom stereocenters. The van der Waals surface area contributed by atoms with Crippen molar-refractivity contribution in [1.29, 1.82) is 0 Å². The number of benzene rings is 2. The van der Waals surface area contributed by atoms with Gasteiger partial charge in [-0.1, -0.05) is 73.2 Å². The van der Waals surface area contributed by atoms with E-state index in [-0.39, 0.29) is 24.8 Å². The summed E-state index contributed by atoms with van der Waals surface area (Å²) in [4.78, 5) is 41.7. The summed E-state index contributed by atoms with van der Waals surface area (Å²) in [7, 11) is 0.961. The number of nitrogens with one attached hydrogen (secondary N) is 1. The number of methoxy groups -OCH3 is 1. The van der Waals surface area contributed by atoms with E-state index in [1.807, 2.05) is 6.07 Å². The van der Waals surface area contributed by atoms with Crippen molar-refractivity contribution >= 4 is 54.7 Å². The lowest BCUT2D eigenvalue weighted by molar-refractivity contribution is -0.154. The Labute approximate surface area is 266 Å². The van der Waals surface area contributed by atoms with Crippen molar-refractivity contribution < 1.29 is 23.9 Å². The van der Waals surface area contributed by atoms with Gasteiger partial charge in [0, 0.05) is 49.7 Å². The van der Waals surface area contributed by atoms with Gasteiger partial charge in [0.25, 0.3) is 0 Å². The van der Waals surface area contributed by atoms with Crippen LogP contribution < -0.4 is 10.2 Å². The molecule has 1 N–H and O–H groups in total. The number of piperidine rings is 1. The molecule has 0 aromatic heterocycles. The van der Waals surface area contributed by atoms with E-state index < -0.39 is 37.0 Å². The molecule has 43 heavy (non-hydrogen) atoms. The van der Waals surface area contributed by atoms with Crippen LogP contribution in [0, 0.1) is 0 Å². The van der Waals surface area contributed by atoms with Crippen LogP contribution in [-0.2, 0) is 29.3 Å². The minimum Gasteiger partial charge on any atom is -0.459 e. The number of hydrogen-bond donors (Lipinski definition) is 1. The van der Waals surface area contributed by atoms with E-state index in [1.165, 1.54) is 10.9 Å². The molecule has 7 nitrogen and oxygen atoms in total. The maximum Gasteiger partial charge on any atom is 0.326 e. The summed E-state index contributed by atoms with van der Waals surface area (Å²) in [5.74, 6) is -1.68. The molecule has 4 rings (SSSR count). The van der Waals surface area contributed by atoms with Gasteiger partial charge in [0.2, 0.25) is 11.8 Å². The first-order valence-corrected chi connectivity index (χ1v) is 18.9. The lowest BCUT2D eigenvalue weighted by Crippen LogP contribution is -2.63. The van der Waals surface area contributed by atoms with Crippen LogP contribution in [0.3, 0.4) is 0 Å². The second-order valence-electron chi connectivity index (χ2n) is 13.4. The third-order valence-corrected chi connectivity index (χ3v) is 9.76. The number of halogens is 2. The van der Waals surface area contributed by atoms with Crippen LogP contribution >= 0.6 is 23.2 Å². The highest BCUT2D eigenvalue weighted by atomic mass is 35.5. The second kappa shape index (κ2) is 13.5. The van der Waals surface area contributed by atoms with Gasteiger partial charge >= 0.3 is 5.97 Å². The number of esters is 1. The maximum atomic E-state index is 14.5. The largest absolute Gasteiger partial charge is 0.459 e. The highest BCUT2D eigenvalue weighted by Crippen LogP contribution is 2.57. The number of carbonyl (C=O) groups excluding carboxylic acids is 3. The number of anilines is 1. The van der Waals surface area contributed by atoms with Gasteiger partial charge in [-0.05, 0) is 63.6 Å². The summed E-state index contributed by atoms with van der Waals surface area (Å²) < 4.78 is 10.5. The molecule has 2 amide bonds. The molecule has 1 saturated heterocycles. The summed E-state index contributed by atoms with van der Waals surface area (Å²) >= 11 is 13.1. The van der Waals surface area contributed by atoms with Gasteiger partial charge < -0.3 is 14.8 Å². The lowest BCUT2D eigenvalue weighted by atomic mass is 9.59. The molecule has 0 radical (unpaired) electrons. The summed E-state index contributed by atoms with van der Waals surface area (Å²) in [5, 5.41) is 3.84. The summed E-state index contributed by atoms with van der Waals surface area (Å²) in [6, 6.07) is 12.9. The average molecular weight is 648 g/mol. The molecule has 2 aromatic carbocycles. The van der Waals surface area contributed by atoms with Crippen molar-refractivity contribution in [2.45, 2.75) is 82.8 Å². The molecule has 2 aromatic rings. The fourth-order valence-corrected chi connectivity index (χ4v) is 7.08. The maximum absolute atomic E-state index is 14.5. The van der Waals surface area contributed by atoms with Crippen molar-refractivity contribution in [1.82, 2.24) is 5.32 Å². The zero-order chi connectivity index (χ0) is 32.3. The van der Waals surface area contributed by atoms with Crippen LogP contribution in [0.4, 0.5) is 5.69 Å². The first-order valence-electron chi connectivity index (χ1n) is 14.4. The third-order valence-electron chi connectivity index (χ3n) is 7.50. The minimum absolute atomic E-state index is 0.0425. The SMILES string of the molecule is C=C(C)[C@@H]1NC(=O)C[C@@H](c2cccc(Cl)c2)[C@]12C(=O)N(CC(=O)OC(C)(C)C)c1cccc(Cl)c12.COCC[Si](C)(C)C. The predicted molar refractivity (Wildman–Crippen MR) is 177 cm³/mol. The number of carbonyl (C=O) groups is 3. The van der Waals surface area contributed by atoms with Crippen molar-refractivity contribution in [3.05, 3.63) is 75.8 Å². The predicted octanol–water partition coefficient (Wildman–Crippen LogP) is 7.14. The van der Waals surface area contributed by atoms with Gasteiger partial charge in [-0.15, -0.1) is 0 Å². The van der Waals surface area contributed by atoms with Crippen LogP contribution in [0.15, 0.2) is 54.6 Å². The standard InChI is InChI=1S/C27H28Cl2N2O4.C6H16OSi/c1-15(2)24-27(18(13-21(32)30-24)16-8-6-9-17(28)12-16)23-19(29)10-7-11-20(23)31(25(27)34)14-22(33)35-26(3,4)5;1-7-5-6-8(2,3)4/h6-12,18,24H,1,13-14H2,2-5H3,(H,30,32);5-6H2,1-4H3/t18-,24-,27+;/m0./s1. The fourth-order valence-electron chi connectivity index (χ4n) is 5.74. The van der Waals surface area contributed by atoms with Crippen LogP contribution in [-0.4, -0.2) is 57.8 Å².